The lowest BCUT2D eigenvalue weighted by Gasteiger charge is -1.95. The highest BCUT2D eigenvalue weighted by Gasteiger charge is 2.06. The number of carbonyl (C=O) groups excluding carboxylic acids is 2. The van der Waals surface area contributed by atoms with E-state index in [4.69, 9.17) is 0 Å². The summed E-state index contributed by atoms with van der Waals surface area (Å²) in [6.07, 6.45) is 0. The maximum Gasteiger partial charge on any atom is 0.384 e. The van der Waals surface area contributed by atoms with Gasteiger partial charge in [-0.15, -0.1) is 10.2 Å². The third-order valence-electron chi connectivity index (χ3n) is 1.54. The van der Waals surface area contributed by atoms with Crippen LogP contribution in [-0.2, 0) is 14.3 Å². The SMILES string of the molecule is COC(=O)C#Cc1ccc(C(=O)OC)nn1. The van der Waals surface area contributed by atoms with Gasteiger partial charge in [-0.1, -0.05) is 0 Å². The van der Waals surface area contributed by atoms with Gasteiger partial charge in [0.2, 0.25) is 0 Å². The molecule has 6 heteroatoms. The van der Waals surface area contributed by atoms with Gasteiger partial charge in [-0.2, -0.15) is 0 Å². The van der Waals surface area contributed by atoms with Crippen molar-refractivity contribution in [2.24, 2.45) is 0 Å². The van der Waals surface area contributed by atoms with E-state index >= 15 is 0 Å². The number of esters is 2. The number of rotatable bonds is 1. The largest absolute Gasteiger partial charge is 0.464 e. The molecule has 0 unspecified atom stereocenters. The van der Waals surface area contributed by atoms with Crippen LogP contribution in [0.3, 0.4) is 0 Å². The third kappa shape index (κ3) is 3.06. The second-order valence-corrected chi connectivity index (χ2v) is 2.54. The molecule has 1 aromatic rings. The standard InChI is InChI=1S/C10H8N2O4/c1-15-9(13)6-4-7-3-5-8(12-11-7)10(14)16-2/h3,5H,1-2H3. The smallest absolute Gasteiger partial charge is 0.384 e. The predicted molar refractivity (Wildman–Crippen MR) is 52.3 cm³/mol. The number of hydrogen-bond donors (Lipinski definition) is 0. The Hall–Kier alpha value is -2.42. The van der Waals surface area contributed by atoms with Gasteiger partial charge >= 0.3 is 11.9 Å². The second kappa shape index (κ2) is 5.46. The Balaban J connectivity index is 2.82. The number of aromatic nitrogens is 2. The van der Waals surface area contributed by atoms with Gasteiger partial charge in [0, 0.05) is 5.92 Å². The van der Waals surface area contributed by atoms with Crippen molar-refractivity contribution in [1.82, 2.24) is 10.2 Å². The summed E-state index contributed by atoms with van der Waals surface area (Å²) in [5.74, 6) is 3.36. The van der Waals surface area contributed by atoms with Crippen LogP contribution in [-0.4, -0.2) is 36.4 Å². The molecule has 0 N–H and O–H groups in total. The van der Waals surface area contributed by atoms with E-state index in [1.165, 1.54) is 26.4 Å². The van der Waals surface area contributed by atoms with Crippen molar-refractivity contribution < 1.29 is 19.1 Å². The van der Waals surface area contributed by atoms with Gasteiger partial charge in [-0.25, -0.2) is 9.59 Å². The molecule has 0 fully saturated rings. The second-order valence-electron chi connectivity index (χ2n) is 2.54. The zero-order valence-electron chi connectivity index (χ0n) is 8.68. The molecule has 0 bridgehead atoms. The first-order valence-electron chi connectivity index (χ1n) is 4.19. The Morgan fingerprint density at radius 1 is 1.19 bits per heavy atom. The normalized spacial score (nSPS) is 8.62. The molecule has 82 valence electrons. The maximum atomic E-state index is 11.0. The Labute approximate surface area is 91.6 Å². The topological polar surface area (TPSA) is 78.4 Å². The first kappa shape index (κ1) is 11.7. The van der Waals surface area contributed by atoms with Crippen LogP contribution in [0.25, 0.3) is 0 Å². The molecule has 0 aromatic carbocycles. The first-order valence-corrected chi connectivity index (χ1v) is 4.19. The molecule has 1 aromatic heterocycles. The molecule has 1 heterocycles. The lowest BCUT2D eigenvalue weighted by atomic mass is 10.3. The van der Waals surface area contributed by atoms with Crippen LogP contribution in [0.15, 0.2) is 12.1 Å². The van der Waals surface area contributed by atoms with Crippen LogP contribution in [0.5, 0.6) is 0 Å². The van der Waals surface area contributed by atoms with Crippen molar-refractivity contribution in [3.63, 3.8) is 0 Å². The molecular formula is C10H8N2O4. The summed E-state index contributed by atoms with van der Waals surface area (Å²) in [5.41, 5.74) is 0.337. The summed E-state index contributed by atoms with van der Waals surface area (Å²) in [7, 11) is 2.47. The van der Waals surface area contributed by atoms with E-state index in [1.807, 2.05) is 0 Å². The molecule has 0 aliphatic carbocycles. The molecule has 0 amide bonds. The molecule has 0 saturated carbocycles. The van der Waals surface area contributed by atoms with E-state index < -0.39 is 11.9 Å². The van der Waals surface area contributed by atoms with Crippen molar-refractivity contribution >= 4 is 11.9 Å². The fourth-order valence-corrected chi connectivity index (χ4v) is 0.778. The number of carbonyl (C=O) groups is 2. The van der Waals surface area contributed by atoms with Gasteiger partial charge in [-0.3, -0.25) is 0 Å². The molecule has 0 aliphatic rings. The predicted octanol–water partition coefficient (Wildman–Crippen LogP) is -0.212. The maximum absolute atomic E-state index is 11.0. The molecule has 6 nitrogen and oxygen atoms in total. The Morgan fingerprint density at radius 2 is 1.94 bits per heavy atom. The number of hydrogen-bond acceptors (Lipinski definition) is 6. The van der Waals surface area contributed by atoms with Gasteiger partial charge in [0.1, 0.15) is 5.69 Å². The Kier molecular flexibility index (Phi) is 3.98. The fourth-order valence-electron chi connectivity index (χ4n) is 0.778. The van der Waals surface area contributed by atoms with Crippen molar-refractivity contribution in [2.75, 3.05) is 14.2 Å². The monoisotopic (exact) mass is 220 g/mol. The van der Waals surface area contributed by atoms with Crippen molar-refractivity contribution in [3.8, 4) is 11.8 Å². The lowest BCUT2D eigenvalue weighted by Crippen LogP contribution is -2.05. The van der Waals surface area contributed by atoms with Crippen LogP contribution in [0.4, 0.5) is 0 Å². The molecular weight excluding hydrogens is 212 g/mol. The van der Waals surface area contributed by atoms with E-state index in [2.05, 4.69) is 31.5 Å². The van der Waals surface area contributed by atoms with Crippen LogP contribution in [0, 0.1) is 11.8 Å². The van der Waals surface area contributed by atoms with Gasteiger partial charge in [0.15, 0.2) is 5.69 Å². The summed E-state index contributed by atoms with van der Waals surface area (Å²) in [6, 6.07) is 2.86. The van der Waals surface area contributed by atoms with Crippen molar-refractivity contribution in [2.45, 2.75) is 0 Å². The summed E-state index contributed by atoms with van der Waals surface area (Å²) >= 11 is 0. The molecule has 16 heavy (non-hydrogen) atoms. The summed E-state index contributed by atoms with van der Waals surface area (Å²) in [5, 5.41) is 7.20. The third-order valence-corrected chi connectivity index (χ3v) is 1.54. The molecule has 0 saturated heterocycles. The quantitative estimate of drug-likeness (QED) is 0.481. The van der Waals surface area contributed by atoms with Crippen molar-refractivity contribution in [1.29, 1.82) is 0 Å². The highest BCUT2D eigenvalue weighted by Crippen LogP contribution is 1.96. The van der Waals surface area contributed by atoms with E-state index in [0.29, 0.717) is 0 Å². The Bertz CT molecular complexity index is 456. The summed E-state index contributed by atoms with van der Waals surface area (Å²) in [4.78, 5) is 21.7. The van der Waals surface area contributed by atoms with Gasteiger partial charge in [0.25, 0.3) is 0 Å². The van der Waals surface area contributed by atoms with E-state index in [0.717, 1.165) is 0 Å². The lowest BCUT2D eigenvalue weighted by molar-refractivity contribution is -0.133. The number of methoxy groups -OCH3 is 2. The zero-order valence-corrected chi connectivity index (χ0v) is 8.68. The van der Waals surface area contributed by atoms with Crippen LogP contribution < -0.4 is 0 Å². The molecule has 1 rings (SSSR count). The first-order chi connectivity index (χ1) is 7.67. The number of nitrogens with zero attached hydrogens (tertiary/aromatic N) is 2. The average Bonchev–Trinajstić information content (AvgIpc) is 2.35. The highest BCUT2D eigenvalue weighted by atomic mass is 16.5. The minimum Gasteiger partial charge on any atom is -0.464 e. The van der Waals surface area contributed by atoms with Gasteiger partial charge in [0.05, 0.1) is 14.2 Å². The van der Waals surface area contributed by atoms with Crippen molar-refractivity contribution in [3.05, 3.63) is 23.5 Å². The summed E-state index contributed by atoms with van der Waals surface area (Å²) in [6.45, 7) is 0. The van der Waals surface area contributed by atoms with E-state index in [9.17, 15) is 9.59 Å². The minimum atomic E-state index is -0.668. The van der Waals surface area contributed by atoms with Gasteiger partial charge in [-0.05, 0) is 18.1 Å². The minimum absolute atomic E-state index is 0.0751. The molecule has 0 radical (unpaired) electrons. The zero-order chi connectivity index (χ0) is 12.0. The van der Waals surface area contributed by atoms with Crippen LogP contribution in [0.2, 0.25) is 0 Å². The van der Waals surface area contributed by atoms with Crippen LogP contribution >= 0.6 is 0 Å². The highest BCUT2D eigenvalue weighted by molar-refractivity contribution is 5.89. The van der Waals surface area contributed by atoms with E-state index in [1.54, 1.807) is 0 Å². The molecule has 0 aliphatic heterocycles. The van der Waals surface area contributed by atoms with Gasteiger partial charge < -0.3 is 9.47 Å². The molecule has 0 atom stereocenters. The average molecular weight is 220 g/mol. The molecule has 0 spiro atoms. The summed E-state index contributed by atoms with van der Waals surface area (Å²) < 4.78 is 8.76. The van der Waals surface area contributed by atoms with E-state index in [-0.39, 0.29) is 11.4 Å². The Morgan fingerprint density at radius 3 is 2.44 bits per heavy atom. The van der Waals surface area contributed by atoms with Crippen LogP contribution in [0.1, 0.15) is 16.2 Å². The number of ether oxygens (including phenoxy) is 2. The fraction of sp³-hybridized carbons (Fsp3) is 0.200.